The van der Waals surface area contributed by atoms with Gasteiger partial charge in [-0.2, -0.15) is 0 Å². The summed E-state index contributed by atoms with van der Waals surface area (Å²) in [6, 6.07) is 14.3. The number of amides is 1. The molecule has 0 aliphatic heterocycles. The monoisotopic (exact) mass is 283 g/mol. The summed E-state index contributed by atoms with van der Waals surface area (Å²) >= 11 is 0. The Bertz CT molecular complexity index is 638. The lowest BCUT2D eigenvalue weighted by Gasteiger charge is -2.15. The first-order valence-electron chi connectivity index (χ1n) is 7.65. The fourth-order valence-corrected chi connectivity index (χ4v) is 3.10. The Labute approximate surface area is 125 Å². The van der Waals surface area contributed by atoms with Crippen molar-refractivity contribution in [2.24, 2.45) is 5.92 Å². The van der Waals surface area contributed by atoms with Gasteiger partial charge in [0.05, 0.1) is 12.5 Å². The Kier molecular flexibility index (Phi) is 4.20. The molecule has 3 nitrogen and oxygen atoms in total. The van der Waals surface area contributed by atoms with Crippen LogP contribution in [-0.2, 0) is 11.2 Å². The van der Waals surface area contributed by atoms with Crippen LogP contribution in [0.3, 0.4) is 0 Å². The Morgan fingerprint density at radius 1 is 1.14 bits per heavy atom. The molecule has 2 unspecified atom stereocenters. The molecule has 0 bridgehead atoms. The number of benzene rings is 2. The molecule has 2 N–H and O–H groups in total. The Morgan fingerprint density at radius 2 is 1.95 bits per heavy atom. The second-order valence-electron chi connectivity index (χ2n) is 5.92. The van der Waals surface area contributed by atoms with Gasteiger partial charge in [0.25, 0.3) is 0 Å². The zero-order valence-corrected chi connectivity index (χ0v) is 12.1. The molecule has 21 heavy (non-hydrogen) atoms. The largest absolute Gasteiger partial charge is 0.393 e. The van der Waals surface area contributed by atoms with E-state index in [0.717, 1.165) is 30.2 Å². The van der Waals surface area contributed by atoms with Crippen LogP contribution in [0.4, 0.5) is 0 Å². The van der Waals surface area contributed by atoms with Gasteiger partial charge in [-0.05, 0) is 29.2 Å². The summed E-state index contributed by atoms with van der Waals surface area (Å²) in [5.41, 5.74) is 1.03. The lowest BCUT2D eigenvalue weighted by molar-refractivity contribution is -0.120. The molecule has 0 radical (unpaired) electrons. The molecule has 1 amide bonds. The molecule has 0 aromatic heterocycles. The van der Waals surface area contributed by atoms with E-state index >= 15 is 0 Å². The number of carbonyl (C=O) groups excluding carboxylic acids is 1. The van der Waals surface area contributed by atoms with Gasteiger partial charge in [-0.25, -0.2) is 0 Å². The Hall–Kier alpha value is -1.87. The average molecular weight is 283 g/mol. The van der Waals surface area contributed by atoms with Crippen LogP contribution in [0.5, 0.6) is 0 Å². The number of aliphatic hydroxyl groups excluding tert-OH is 1. The maximum atomic E-state index is 12.0. The summed E-state index contributed by atoms with van der Waals surface area (Å²) in [7, 11) is 0. The topological polar surface area (TPSA) is 49.3 Å². The molecule has 2 aromatic rings. The van der Waals surface area contributed by atoms with E-state index < -0.39 is 0 Å². The van der Waals surface area contributed by atoms with Crippen LogP contribution in [0.15, 0.2) is 42.5 Å². The van der Waals surface area contributed by atoms with Crippen LogP contribution >= 0.6 is 0 Å². The summed E-state index contributed by atoms with van der Waals surface area (Å²) in [6.45, 7) is 0.591. The predicted octanol–water partition coefficient (Wildman–Crippen LogP) is 2.66. The van der Waals surface area contributed by atoms with Crippen LogP contribution in [0.1, 0.15) is 24.8 Å². The van der Waals surface area contributed by atoms with Gasteiger partial charge in [-0.15, -0.1) is 0 Å². The van der Waals surface area contributed by atoms with Crippen molar-refractivity contribution < 1.29 is 9.90 Å². The molecule has 1 fully saturated rings. The van der Waals surface area contributed by atoms with Crippen molar-refractivity contribution in [1.29, 1.82) is 0 Å². The van der Waals surface area contributed by atoms with Gasteiger partial charge in [0.15, 0.2) is 0 Å². The average Bonchev–Trinajstić information content (AvgIpc) is 2.90. The van der Waals surface area contributed by atoms with Crippen LogP contribution in [0.2, 0.25) is 0 Å². The lowest BCUT2D eigenvalue weighted by atomic mass is 10.0. The van der Waals surface area contributed by atoms with Gasteiger partial charge in [0.1, 0.15) is 0 Å². The second-order valence-corrected chi connectivity index (χ2v) is 5.92. The van der Waals surface area contributed by atoms with Crippen molar-refractivity contribution in [2.45, 2.75) is 31.8 Å². The summed E-state index contributed by atoms with van der Waals surface area (Å²) in [5.74, 6) is 0.259. The smallest absolute Gasteiger partial charge is 0.224 e. The fraction of sp³-hybridized carbons (Fsp3) is 0.389. The predicted molar refractivity (Wildman–Crippen MR) is 84.0 cm³/mol. The summed E-state index contributed by atoms with van der Waals surface area (Å²) in [5, 5.41) is 15.1. The van der Waals surface area contributed by atoms with E-state index in [1.165, 1.54) is 5.39 Å². The highest BCUT2D eigenvalue weighted by molar-refractivity contribution is 5.85. The molecule has 0 spiro atoms. The first-order valence-corrected chi connectivity index (χ1v) is 7.65. The van der Waals surface area contributed by atoms with Gasteiger partial charge in [0, 0.05) is 12.5 Å². The van der Waals surface area contributed by atoms with E-state index in [1.54, 1.807) is 0 Å². The van der Waals surface area contributed by atoms with Crippen LogP contribution in [0, 0.1) is 5.92 Å². The summed E-state index contributed by atoms with van der Waals surface area (Å²) in [6.07, 6.45) is 3.09. The number of fused-ring (bicyclic) bond motifs is 1. The molecular weight excluding hydrogens is 262 g/mol. The van der Waals surface area contributed by atoms with Crippen molar-refractivity contribution in [3.8, 4) is 0 Å². The third kappa shape index (κ3) is 3.42. The first-order chi connectivity index (χ1) is 10.2. The van der Waals surface area contributed by atoms with Crippen molar-refractivity contribution in [3.63, 3.8) is 0 Å². The van der Waals surface area contributed by atoms with E-state index in [2.05, 4.69) is 29.6 Å². The molecule has 0 saturated heterocycles. The number of rotatable bonds is 4. The molecule has 1 aliphatic carbocycles. The first kappa shape index (κ1) is 14.1. The standard InChI is InChI=1S/C18H21NO2/c20-17-7-3-6-16(17)12-19-18(21)11-13-8-9-14-4-1-2-5-15(14)10-13/h1-2,4-5,8-10,16-17,20H,3,6-7,11-12H2,(H,19,21). The highest BCUT2D eigenvalue weighted by atomic mass is 16.3. The highest BCUT2D eigenvalue weighted by Gasteiger charge is 2.25. The summed E-state index contributed by atoms with van der Waals surface area (Å²) < 4.78 is 0. The normalized spacial score (nSPS) is 21.6. The van der Waals surface area contributed by atoms with E-state index in [0.29, 0.717) is 13.0 Å². The molecular formula is C18H21NO2. The molecule has 1 aliphatic rings. The minimum Gasteiger partial charge on any atom is -0.393 e. The summed E-state index contributed by atoms with van der Waals surface area (Å²) in [4.78, 5) is 12.0. The maximum absolute atomic E-state index is 12.0. The van der Waals surface area contributed by atoms with Gasteiger partial charge >= 0.3 is 0 Å². The number of hydrogen-bond acceptors (Lipinski definition) is 2. The zero-order chi connectivity index (χ0) is 14.7. The van der Waals surface area contributed by atoms with Crippen molar-refractivity contribution in [3.05, 3.63) is 48.0 Å². The van der Waals surface area contributed by atoms with Crippen LogP contribution in [0.25, 0.3) is 10.8 Å². The van der Waals surface area contributed by atoms with Gasteiger partial charge in [-0.1, -0.05) is 48.9 Å². The number of carbonyl (C=O) groups is 1. The molecule has 2 atom stereocenters. The van der Waals surface area contributed by atoms with Crippen molar-refractivity contribution in [1.82, 2.24) is 5.32 Å². The number of aliphatic hydroxyl groups is 1. The molecule has 110 valence electrons. The molecule has 3 rings (SSSR count). The molecule has 1 saturated carbocycles. The molecule has 3 heteroatoms. The molecule has 2 aromatic carbocycles. The zero-order valence-electron chi connectivity index (χ0n) is 12.1. The number of hydrogen-bond donors (Lipinski definition) is 2. The van der Waals surface area contributed by atoms with Crippen molar-refractivity contribution >= 4 is 16.7 Å². The maximum Gasteiger partial charge on any atom is 0.224 e. The van der Waals surface area contributed by atoms with Crippen molar-refractivity contribution in [2.75, 3.05) is 6.54 Å². The van der Waals surface area contributed by atoms with Crippen LogP contribution < -0.4 is 5.32 Å². The van der Waals surface area contributed by atoms with E-state index in [-0.39, 0.29) is 17.9 Å². The van der Waals surface area contributed by atoms with E-state index in [1.807, 2.05) is 18.2 Å². The fourth-order valence-electron chi connectivity index (χ4n) is 3.10. The lowest BCUT2D eigenvalue weighted by Crippen LogP contribution is -2.33. The third-order valence-corrected chi connectivity index (χ3v) is 4.36. The Balaban J connectivity index is 1.58. The highest BCUT2D eigenvalue weighted by Crippen LogP contribution is 2.24. The minimum atomic E-state index is -0.244. The van der Waals surface area contributed by atoms with E-state index in [4.69, 9.17) is 0 Å². The number of nitrogens with one attached hydrogen (secondary N) is 1. The Morgan fingerprint density at radius 3 is 2.71 bits per heavy atom. The van der Waals surface area contributed by atoms with E-state index in [9.17, 15) is 9.90 Å². The SMILES string of the molecule is O=C(Cc1ccc2ccccc2c1)NCC1CCCC1O. The second kappa shape index (κ2) is 6.27. The van der Waals surface area contributed by atoms with Crippen LogP contribution in [-0.4, -0.2) is 23.7 Å². The quantitative estimate of drug-likeness (QED) is 0.906. The van der Waals surface area contributed by atoms with Gasteiger partial charge in [-0.3, -0.25) is 4.79 Å². The van der Waals surface area contributed by atoms with Gasteiger partial charge in [0.2, 0.25) is 5.91 Å². The molecule has 0 heterocycles. The minimum absolute atomic E-state index is 0.0318. The third-order valence-electron chi connectivity index (χ3n) is 4.36. The van der Waals surface area contributed by atoms with Gasteiger partial charge < -0.3 is 10.4 Å².